The Morgan fingerprint density at radius 2 is 2.06 bits per heavy atom. The topological polar surface area (TPSA) is 37.8 Å². The molecule has 0 bridgehead atoms. The lowest BCUT2D eigenvalue weighted by atomic mass is 10.1. The molecule has 0 radical (unpaired) electrons. The van der Waals surface area contributed by atoms with Crippen molar-refractivity contribution in [1.82, 2.24) is 14.9 Å². The fourth-order valence-corrected chi connectivity index (χ4v) is 1.90. The molecule has 0 amide bonds. The van der Waals surface area contributed by atoms with E-state index >= 15 is 0 Å². The highest BCUT2D eigenvalue weighted by Crippen LogP contribution is 2.29. The third-order valence-electron chi connectivity index (χ3n) is 2.29. The second-order valence-corrected chi connectivity index (χ2v) is 4.31. The van der Waals surface area contributed by atoms with E-state index in [2.05, 4.69) is 14.9 Å². The SMILES string of the molecule is FC(F)(F)c1cccc(CNCc2csnn2)c1. The first-order chi connectivity index (χ1) is 8.55. The molecule has 1 aromatic carbocycles. The van der Waals surface area contributed by atoms with Gasteiger partial charge in [-0.2, -0.15) is 13.2 Å². The highest BCUT2D eigenvalue weighted by atomic mass is 32.1. The standard InChI is InChI=1S/C11H10F3N3S/c12-11(13,14)9-3-1-2-8(4-9)5-15-6-10-7-18-17-16-10/h1-4,7,15H,5-6H2. The lowest BCUT2D eigenvalue weighted by molar-refractivity contribution is -0.137. The molecular weight excluding hydrogens is 263 g/mol. The number of aromatic nitrogens is 2. The van der Waals surface area contributed by atoms with Crippen molar-refractivity contribution in [1.29, 1.82) is 0 Å². The quantitative estimate of drug-likeness (QED) is 0.930. The van der Waals surface area contributed by atoms with E-state index in [-0.39, 0.29) is 0 Å². The molecule has 0 atom stereocenters. The van der Waals surface area contributed by atoms with Crippen molar-refractivity contribution >= 4 is 11.5 Å². The third kappa shape index (κ3) is 3.51. The maximum atomic E-state index is 12.5. The van der Waals surface area contributed by atoms with Crippen molar-refractivity contribution in [2.75, 3.05) is 0 Å². The smallest absolute Gasteiger partial charge is 0.307 e. The summed E-state index contributed by atoms with van der Waals surface area (Å²) in [5.74, 6) is 0. The minimum Gasteiger partial charge on any atom is -0.307 e. The van der Waals surface area contributed by atoms with Crippen LogP contribution in [0.5, 0.6) is 0 Å². The van der Waals surface area contributed by atoms with Crippen molar-refractivity contribution in [3.8, 4) is 0 Å². The fraction of sp³-hybridized carbons (Fsp3) is 0.273. The van der Waals surface area contributed by atoms with Gasteiger partial charge in [-0.05, 0) is 23.2 Å². The summed E-state index contributed by atoms with van der Waals surface area (Å²) in [5, 5.41) is 8.64. The Hall–Kier alpha value is -1.47. The van der Waals surface area contributed by atoms with Gasteiger partial charge < -0.3 is 5.32 Å². The van der Waals surface area contributed by atoms with Crippen LogP contribution in [0.25, 0.3) is 0 Å². The number of alkyl halides is 3. The fourth-order valence-electron chi connectivity index (χ4n) is 1.45. The zero-order valence-corrected chi connectivity index (χ0v) is 10.1. The predicted molar refractivity (Wildman–Crippen MR) is 61.9 cm³/mol. The van der Waals surface area contributed by atoms with Crippen LogP contribution in [-0.4, -0.2) is 9.59 Å². The number of halogens is 3. The second-order valence-electron chi connectivity index (χ2n) is 3.70. The lowest BCUT2D eigenvalue weighted by Crippen LogP contribution is -2.14. The minimum atomic E-state index is -4.30. The maximum absolute atomic E-state index is 12.5. The molecule has 0 aliphatic heterocycles. The molecule has 1 N–H and O–H groups in total. The van der Waals surface area contributed by atoms with E-state index in [1.807, 2.05) is 0 Å². The van der Waals surface area contributed by atoms with Crippen molar-refractivity contribution in [2.45, 2.75) is 19.3 Å². The average Bonchev–Trinajstić information content (AvgIpc) is 2.81. The van der Waals surface area contributed by atoms with Crippen LogP contribution in [0.4, 0.5) is 13.2 Å². The Morgan fingerprint density at radius 1 is 1.22 bits per heavy atom. The average molecular weight is 273 g/mol. The van der Waals surface area contributed by atoms with Crippen LogP contribution in [0.1, 0.15) is 16.8 Å². The Balaban J connectivity index is 1.93. The summed E-state index contributed by atoms with van der Waals surface area (Å²) < 4.78 is 41.1. The van der Waals surface area contributed by atoms with E-state index in [0.717, 1.165) is 17.8 Å². The van der Waals surface area contributed by atoms with Crippen LogP contribution in [0, 0.1) is 0 Å². The van der Waals surface area contributed by atoms with Gasteiger partial charge in [0.15, 0.2) is 0 Å². The van der Waals surface area contributed by atoms with E-state index in [9.17, 15) is 13.2 Å². The summed E-state index contributed by atoms with van der Waals surface area (Å²) >= 11 is 1.24. The Bertz CT molecular complexity index is 496. The zero-order valence-electron chi connectivity index (χ0n) is 9.24. The number of hydrogen-bond donors (Lipinski definition) is 1. The minimum absolute atomic E-state index is 0.363. The molecule has 0 saturated heterocycles. The first kappa shape index (κ1) is 13.0. The number of nitrogens with one attached hydrogen (secondary N) is 1. The van der Waals surface area contributed by atoms with Gasteiger partial charge in [0, 0.05) is 18.5 Å². The summed E-state index contributed by atoms with van der Waals surface area (Å²) in [7, 11) is 0. The molecule has 18 heavy (non-hydrogen) atoms. The molecule has 0 saturated carbocycles. The second kappa shape index (κ2) is 5.45. The molecule has 1 heterocycles. The Kier molecular flexibility index (Phi) is 3.93. The largest absolute Gasteiger partial charge is 0.416 e. The van der Waals surface area contributed by atoms with Gasteiger partial charge in [0.25, 0.3) is 0 Å². The van der Waals surface area contributed by atoms with Gasteiger partial charge in [-0.3, -0.25) is 0 Å². The number of nitrogens with zero attached hydrogens (tertiary/aromatic N) is 2. The first-order valence-corrected chi connectivity index (χ1v) is 6.02. The summed E-state index contributed by atoms with van der Waals surface area (Å²) in [6.45, 7) is 0.855. The third-order valence-corrected chi connectivity index (χ3v) is 2.85. The van der Waals surface area contributed by atoms with E-state index < -0.39 is 11.7 Å². The lowest BCUT2D eigenvalue weighted by Gasteiger charge is -2.09. The molecule has 0 aliphatic carbocycles. The van der Waals surface area contributed by atoms with Gasteiger partial charge in [0.05, 0.1) is 11.3 Å². The zero-order chi connectivity index (χ0) is 13.0. The predicted octanol–water partition coefficient (Wildman–Crippen LogP) is 2.85. The van der Waals surface area contributed by atoms with E-state index in [1.54, 1.807) is 11.4 Å². The molecule has 2 aromatic rings. The highest BCUT2D eigenvalue weighted by molar-refractivity contribution is 7.03. The van der Waals surface area contributed by atoms with Crippen LogP contribution < -0.4 is 5.32 Å². The normalized spacial score (nSPS) is 11.7. The Morgan fingerprint density at radius 3 is 2.72 bits per heavy atom. The van der Waals surface area contributed by atoms with Gasteiger partial charge in [0.1, 0.15) is 0 Å². The van der Waals surface area contributed by atoms with Crippen LogP contribution in [0.2, 0.25) is 0 Å². The van der Waals surface area contributed by atoms with Gasteiger partial charge in [-0.25, -0.2) is 0 Å². The summed E-state index contributed by atoms with van der Waals surface area (Å²) in [4.78, 5) is 0. The van der Waals surface area contributed by atoms with Crippen LogP contribution >= 0.6 is 11.5 Å². The molecule has 7 heteroatoms. The molecule has 96 valence electrons. The monoisotopic (exact) mass is 273 g/mol. The molecular formula is C11H10F3N3S. The van der Waals surface area contributed by atoms with Crippen molar-refractivity contribution in [2.24, 2.45) is 0 Å². The molecule has 1 aromatic heterocycles. The molecule has 0 unspecified atom stereocenters. The Labute approximate surface area is 106 Å². The van der Waals surface area contributed by atoms with Gasteiger partial charge in [-0.15, -0.1) is 5.10 Å². The van der Waals surface area contributed by atoms with E-state index in [4.69, 9.17) is 0 Å². The van der Waals surface area contributed by atoms with E-state index in [1.165, 1.54) is 17.6 Å². The number of benzene rings is 1. The molecule has 3 nitrogen and oxygen atoms in total. The first-order valence-electron chi connectivity index (χ1n) is 5.18. The summed E-state index contributed by atoms with van der Waals surface area (Å²) in [6, 6.07) is 5.27. The van der Waals surface area contributed by atoms with Crippen molar-refractivity contribution in [3.63, 3.8) is 0 Å². The molecule has 0 fully saturated rings. The van der Waals surface area contributed by atoms with Crippen molar-refractivity contribution in [3.05, 3.63) is 46.5 Å². The van der Waals surface area contributed by atoms with Crippen LogP contribution in [0.15, 0.2) is 29.6 Å². The number of rotatable bonds is 4. The molecule has 2 rings (SSSR count). The van der Waals surface area contributed by atoms with Crippen LogP contribution in [0.3, 0.4) is 0 Å². The van der Waals surface area contributed by atoms with Gasteiger partial charge in [0.2, 0.25) is 0 Å². The van der Waals surface area contributed by atoms with Gasteiger partial charge >= 0.3 is 6.18 Å². The number of hydrogen-bond acceptors (Lipinski definition) is 4. The van der Waals surface area contributed by atoms with Gasteiger partial charge in [-0.1, -0.05) is 22.7 Å². The molecule has 0 aliphatic rings. The molecule has 0 spiro atoms. The van der Waals surface area contributed by atoms with Crippen LogP contribution in [-0.2, 0) is 19.3 Å². The summed E-state index contributed by atoms with van der Waals surface area (Å²) in [5.41, 5.74) is 0.747. The maximum Gasteiger partial charge on any atom is 0.416 e. The van der Waals surface area contributed by atoms with Crippen molar-refractivity contribution < 1.29 is 13.2 Å². The summed E-state index contributed by atoms with van der Waals surface area (Å²) in [6.07, 6.45) is -4.30. The van der Waals surface area contributed by atoms with E-state index in [0.29, 0.717) is 18.7 Å². The highest BCUT2D eigenvalue weighted by Gasteiger charge is 2.30.